The Kier molecular flexibility index (Phi) is 4.24. The molecule has 0 saturated carbocycles. The van der Waals surface area contributed by atoms with Gasteiger partial charge in [0.25, 0.3) is 0 Å². The molecule has 1 aliphatic heterocycles. The molecule has 0 aromatic heterocycles. The van der Waals surface area contributed by atoms with Gasteiger partial charge in [-0.15, -0.1) is 0 Å². The highest BCUT2D eigenvalue weighted by atomic mass is 16.4. The number of amides is 2. The van der Waals surface area contributed by atoms with Gasteiger partial charge < -0.3 is 15.3 Å². The van der Waals surface area contributed by atoms with E-state index < -0.39 is 11.5 Å². The minimum atomic E-state index is -1.06. The van der Waals surface area contributed by atoms with Crippen LogP contribution < -0.4 is 5.32 Å². The van der Waals surface area contributed by atoms with Gasteiger partial charge in [0.2, 0.25) is 0 Å². The summed E-state index contributed by atoms with van der Waals surface area (Å²) in [4.78, 5) is 25.0. The molecule has 1 heterocycles. The van der Waals surface area contributed by atoms with Crippen molar-refractivity contribution in [3.63, 3.8) is 0 Å². The number of aliphatic carboxylic acids is 1. The van der Waals surface area contributed by atoms with Crippen molar-refractivity contribution in [3.05, 3.63) is 0 Å². The predicted octanol–water partition coefficient (Wildman–Crippen LogP) is 2.21. The molecule has 0 spiro atoms. The van der Waals surface area contributed by atoms with E-state index in [0.717, 1.165) is 19.3 Å². The third kappa shape index (κ3) is 2.60. The Bertz CT molecular complexity index is 339. The molecule has 0 aromatic rings. The normalized spacial score (nSPS) is 24.1. The lowest BCUT2D eigenvalue weighted by Crippen LogP contribution is -2.58. The number of likely N-dealkylation sites (tertiary alicyclic amines) is 1. The summed E-state index contributed by atoms with van der Waals surface area (Å²) in [5.41, 5.74) is -1.33. The molecule has 5 nitrogen and oxygen atoms in total. The van der Waals surface area contributed by atoms with Crippen LogP contribution in [0.5, 0.6) is 0 Å². The van der Waals surface area contributed by atoms with Gasteiger partial charge in [0.15, 0.2) is 0 Å². The maximum atomic E-state index is 12.3. The van der Waals surface area contributed by atoms with Crippen molar-refractivity contribution in [1.29, 1.82) is 0 Å². The van der Waals surface area contributed by atoms with Crippen LogP contribution in [0.2, 0.25) is 0 Å². The van der Waals surface area contributed by atoms with Crippen LogP contribution in [0.3, 0.4) is 0 Å². The first kappa shape index (κ1) is 14.8. The van der Waals surface area contributed by atoms with E-state index in [1.807, 2.05) is 20.8 Å². The topological polar surface area (TPSA) is 69.6 Å². The smallest absolute Gasteiger partial charge is 0.329 e. The lowest BCUT2D eigenvalue weighted by molar-refractivity contribution is -0.147. The molecule has 1 saturated heterocycles. The third-order valence-corrected chi connectivity index (χ3v) is 4.32. The highest BCUT2D eigenvalue weighted by molar-refractivity contribution is 5.86. The molecular formula is C13H24N2O3. The van der Waals surface area contributed by atoms with Crippen molar-refractivity contribution in [1.82, 2.24) is 10.2 Å². The van der Waals surface area contributed by atoms with E-state index >= 15 is 0 Å². The zero-order chi connectivity index (χ0) is 14.0. The Balaban J connectivity index is 2.81. The molecule has 104 valence electrons. The molecule has 0 radical (unpaired) electrons. The SMILES string of the molecule is CCC(C)(CC)NC(=O)N1CCCC1(C)C(=O)O. The number of nitrogens with one attached hydrogen (secondary N) is 1. The molecule has 18 heavy (non-hydrogen) atoms. The Morgan fingerprint density at radius 2 is 1.94 bits per heavy atom. The fourth-order valence-electron chi connectivity index (χ4n) is 2.26. The molecule has 1 aliphatic rings. The molecule has 0 bridgehead atoms. The number of carbonyl (C=O) groups is 2. The largest absolute Gasteiger partial charge is 0.480 e. The first-order valence-corrected chi connectivity index (χ1v) is 6.62. The Hall–Kier alpha value is -1.26. The van der Waals surface area contributed by atoms with E-state index in [9.17, 15) is 14.7 Å². The van der Waals surface area contributed by atoms with Crippen molar-refractivity contribution in [2.45, 2.75) is 64.5 Å². The van der Waals surface area contributed by atoms with E-state index in [2.05, 4.69) is 5.32 Å². The average molecular weight is 256 g/mol. The number of carboxylic acid groups (broad SMARTS) is 1. The molecule has 1 unspecified atom stereocenters. The predicted molar refractivity (Wildman–Crippen MR) is 69.5 cm³/mol. The molecule has 2 N–H and O–H groups in total. The van der Waals surface area contributed by atoms with Crippen molar-refractivity contribution in [2.24, 2.45) is 0 Å². The second kappa shape index (κ2) is 5.16. The van der Waals surface area contributed by atoms with Gasteiger partial charge in [-0.1, -0.05) is 13.8 Å². The first-order valence-electron chi connectivity index (χ1n) is 6.62. The molecular weight excluding hydrogens is 232 g/mol. The van der Waals surface area contributed by atoms with Crippen molar-refractivity contribution in [3.8, 4) is 0 Å². The van der Waals surface area contributed by atoms with Crippen LogP contribution in [0.1, 0.15) is 53.4 Å². The van der Waals surface area contributed by atoms with Crippen LogP contribution in [0.25, 0.3) is 0 Å². The Morgan fingerprint density at radius 1 is 1.39 bits per heavy atom. The second-order valence-electron chi connectivity index (χ2n) is 5.53. The minimum Gasteiger partial charge on any atom is -0.480 e. The Morgan fingerprint density at radius 3 is 2.39 bits per heavy atom. The number of carbonyl (C=O) groups excluding carboxylic acids is 1. The first-order chi connectivity index (χ1) is 8.29. The number of rotatable bonds is 4. The maximum absolute atomic E-state index is 12.3. The summed E-state index contributed by atoms with van der Waals surface area (Å²) in [7, 11) is 0. The average Bonchev–Trinajstić information content (AvgIpc) is 2.72. The summed E-state index contributed by atoms with van der Waals surface area (Å²) in [5.74, 6) is -0.926. The number of hydrogen-bond acceptors (Lipinski definition) is 2. The molecule has 0 aliphatic carbocycles. The maximum Gasteiger partial charge on any atom is 0.329 e. The van der Waals surface area contributed by atoms with Crippen LogP contribution in [0, 0.1) is 0 Å². The fraction of sp³-hybridized carbons (Fsp3) is 0.846. The monoisotopic (exact) mass is 256 g/mol. The summed E-state index contributed by atoms with van der Waals surface area (Å²) in [6.07, 6.45) is 2.91. The van der Waals surface area contributed by atoms with Gasteiger partial charge >= 0.3 is 12.0 Å². The highest BCUT2D eigenvalue weighted by Crippen LogP contribution is 2.29. The van der Waals surface area contributed by atoms with Gasteiger partial charge in [-0.25, -0.2) is 9.59 Å². The summed E-state index contributed by atoms with van der Waals surface area (Å²) in [6.45, 7) is 8.16. The zero-order valence-electron chi connectivity index (χ0n) is 11.7. The Labute approximate surface area is 109 Å². The van der Waals surface area contributed by atoms with Crippen LogP contribution in [0.15, 0.2) is 0 Å². The third-order valence-electron chi connectivity index (χ3n) is 4.32. The van der Waals surface area contributed by atoms with Gasteiger partial charge in [-0.05, 0) is 39.5 Å². The summed E-state index contributed by atoms with van der Waals surface area (Å²) in [6, 6.07) is -0.261. The number of urea groups is 1. The standard InChI is InChI=1S/C13H24N2O3/c1-5-12(3,6-2)14-11(18)15-9-7-8-13(15,4)10(16)17/h5-9H2,1-4H3,(H,14,18)(H,16,17). The van der Waals surface area contributed by atoms with E-state index in [1.54, 1.807) is 6.92 Å². The van der Waals surface area contributed by atoms with Gasteiger partial charge in [-0.3, -0.25) is 0 Å². The number of hydrogen-bond donors (Lipinski definition) is 2. The lowest BCUT2D eigenvalue weighted by Gasteiger charge is -2.36. The summed E-state index contributed by atoms with van der Waals surface area (Å²) >= 11 is 0. The van der Waals surface area contributed by atoms with Gasteiger partial charge in [0.1, 0.15) is 5.54 Å². The second-order valence-corrected chi connectivity index (χ2v) is 5.53. The quantitative estimate of drug-likeness (QED) is 0.810. The van der Waals surface area contributed by atoms with Crippen LogP contribution in [-0.4, -0.2) is 39.6 Å². The fourth-order valence-corrected chi connectivity index (χ4v) is 2.26. The van der Waals surface area contributed by atoms with E-state index in [1.165, 1.54) is 4.90 Å². The van der Waals surface area contributed by atoms with E-state index in [-0.39, 0.29) is 11.6 Å². The summed E-state index contributed by atoms with van der Waals surface area (Å²) < 4.78 is 0. The van der Waals surface area contributed by atoms with Crippen molar-refractivity contribution < 1.29 is 14.7 Å². The molecule has 1 fully saturated rings. The van der Waals surface area contributed by atoms with Crippen molar-refractivity contribution in [2.75, 3.05) is 6.54 Å². The minimum absolute atomic E-state index is 0.261. The van der Waals surface area contributed by atoms with Crippen LogP contribution >= 0.6 is 0 Å². The van der Waals surface area contributed by atoms with Crippen LogP contribution in [-0.2, 0) is 4.79 Å². The van der Waals surface area contributed by atoms with E-state index in [0.29, 0.717) is 13.0 Å². The molecule has 0 aromatic carbocycles. The lowest BCUT2D eigenvalue weighted by atomic mass is 9.95. The molecule has 1 rings (SSSR count). The molecule has 5 heteroatoms. The van der Waals surface area contributed by atoms with E-state index in [4.69, 9.17) is 0 Å². The van der Waals surface area contributed by atoms with Crippen LogP contribution in [0.4, 0.5) is 4.79 Å². The number of carboxylic acids is 1. The zero-order valence-corrected chi connectivity index (χ0v) is 11.7. The van der Waals surface area contributed by atoms with Crippen molar-refractivity contribution >= 4 is 12.0 Å². The number of nitrogens with zero attached hydrogens (tertiary/aromatic N) is 1. The summed E-state index contributed by atoms with van der Waals surface area (Å²) in [5, 5.41) is 12.3. The van der Waals surface area contributed by atoms with Gasteiger partial charge in [0.05, 0.1) is 0 Å². The molecule has 2 amide bonds. The van der Waals surface area contributed by atoms with Gasteiger partial charge in [0, 0.05) is 12.1 Å². The highest BCUT2D eigenvalue weighted by Gasteiger charge is 2.46. The molecule has 1 atom stereocenters. The van der Waals surface area contributed by atoms with Gasteiger partial charge in [-0.2, -0.15) is 0 Å².